The van der Waals surface area contributed by atoms with Crippen molar-refractivity contribution in [2.75, 3.05) is 0 Å². The maximum Gasteiger partial charge on any atom is 0.333 e. The van der Waals surface area contributed by atoms with Crippen LogP contribution in [0.1, 0.15) is 20.8 Å². The van der Waals surface area contributed by atoms with Gasteiger partial charge in [-0.1, -0.05) is 6.92 Å². The maximum atomic E-state index is 10.7. The Morgan fingerprint density at radius 1 is 1.25 bits per heavy atom. The van der Waals surface area contributed by atoms with Gasteiger partial charge in [-0.2, -0.15) is 0 Å². The van der Waals surface area contributed by atoms with Crippen LogP contribution in [0.25, 0.3) is 0 Å². The van der Waals surface area contributed by atoms with Gasteiger partial charge in [0, 0.05) is 5.92 Å². The highest BCUT2D eigenvalue weighted by Gasteiger charge is 2.36. The second-order valence-corrected chi connectivity index (χ2v) is 3.16. The Morgan fingerprint density at radius 3 is 2.33 bits per heavy atom. The second kappa shape index (κ2) is 3.41. The van der Waals surface area contributed by atoms with E-state index < -0.39 is 18.4 Å². The van der Waals surface area contributed by atoms with Gasteiger partial charge in [0.1, 0.15) is 0 Å². The molecule has 1 fully saturated rings. The number of rotatable bonds is 1. The van der Waals surface area contributed by atoms with Gasteiger partial charge in [-0.3, -0.25) is 0 Å². The molecule has 4 atom stereocenters. The minimum absolute atomic E-state index is 0.0603. The molecule has 70 valence electrons. The summed E-state index contributed by atoms with van der Waals surface area (Å²) in [5.41, 5.74) is 0. The van der Waals surface area contributed by atoms with E-state index in [0.29, 0.717) is 0 Å². The maximum absolute atomic E-state index is 10.7. The SMILES string of the molecule is CC1O[C@H](C)[C@H](C)[C@H](C(=O)O)O1. The van der Waals surface area contributed by atoms with E-state index in [1.54, 1.807) is 6.92 Å². The largest absolute Gasteiger partial charge is 0.479 e. The van der Waals surface area contributed by atoms with Gasteiger partial charge in [0.25, 0.3) is 0 Å². The molecular formula is C8H14O4. The molecule has 0 saturated carbocycles. The third kappa shape index (κ3) is 1.76. The molecule has 1 unspecified atom stereocenters. The summed E-state index contributed by atoms with van der Waals surface area (Å²) in [6.07, 6.45) is -1.21. The van der Waals surface area contributed by atoms with Crippen molar-refractivity contribution in [3.63, 3.8) is 0 Å². The molecule has 0 aromatic rings. The van der Waals surface area contributed by atoms with Gasteiger partial charge >= 0.3 is 5.97 Å². The lowest BCUT2D eigenvalue weighted by atomic mass is 9.98. The van der Waals surface area contributed by atoms with E-state index >= 15 is 0 Å². The molecule has 0 spiro atoms. The fraction of sp³-hybridized carbons (Fsp3) is 0.875. The fourth-order valence-electron chi connectivity index (χ4n) is 1.32. The molecule has 0 radical (unpaired) electrons. The van der Waals surface area contributed by atoms with Crippen LogP contribution < -0.4 is 0 Å². The van der Waals surface area contributed by atoms with Crippen LogP contribution in [0.4, 0.5) is 0 Å². The standard InChI is InChI=1S/C8H14O4/c1-4-5(2)11-6(3)12-7(4)8(9)10/h4-7H,1-3H3,(H,9,10)/t4-,5+,6?,7+/m0/s1. The molecule has 1 rings (SSSR count). The number of carboxylic acids is 1. The van der Waals surface area contributed by atoms with E-state index in [4.69, 9.17) is 14.6 Å². The molecular weight excluding hydrogens is 160 g/mol. The smallest absolute Gasteiger partial charge is 0.333 e. The highest BCUT2D eigenvalue weighted by atomic mass is 16.7. The Hall–Kier alpha value is -0.610. The highest BCUT2D eigenvalue weighted by molar-refractivity contribution is 5.72. The predicted molar refractivity (Wildman–Crippen MR) is 41.7 cm³/mol. The van der Waals surface area contributed by atoms with Crippen molar-refractivity contribution in [3.05, 3.63) is 0 Å². The van der Waals surface area contributed by atoms with E-state index in [0.717, 1.165) is 0 Å². The summed E-state index contributed by atoms with van der Waals surface area (Å²) in [7, 11) is 0. The van der Waals surface area contributed by atoms with E-state index in [1.165, 1.54) is 0 Å². The Bertz CT molecular complexity index is 180. The normalized spacial score (nSPS) is 42.6. The summed E-state index contributed by atoms with van der Waals surface area (Å²) in [6.45, 7) is 5.38. The first kappa shape index (κ1) is 9.48. The first-order valence-corrected chi connectivity index (χ1v) is 4.06. The van der Waals surface area contributed by atoms with Crippen LogP contribution in [0.3, 0.4) is 0 Å². The van der Waals surface area contributed by atoms with Crippen molar-refractivity contribution in [1.29, 1.82) is 0 Å². The molecule has 0 aliphatic carbocycles. The number of aliphatic carboxylic acids is 1. The van der Waals surface area contributed by atoms with Crippen LogP contribution in [0.15, 0.2) is 0 Å². The Labute approximate surface area is 71.5 Å². The summed E-state index contributed by atoms with van der Waals surface area (Å²) in [6, 6.07) is 0. The van der Waals surface area contributed by atoms with Crippen molar-refractivity contribution in [3.8, 4) is 0 Å². The number of carboxylic acid groups (broad SMARTS) is 1. The molecule has 1 heterocycles. The van der Waals surface area contributed by atoms with Gasteiger partial charge in [0.2, 0.25) is 0 Å². The van der Waals surface area contributed by atoms with Gasteiger partial charge < -0.3 is 14.6 Å². The van der Waals surface area contributed by atoms with Crippen molar-refractivity contribution in [2.24, 2.45) is 5.92 Å². The van der Waals surface area contributed by atoms with E-state index in [9.17, 15) is 4.79 Å². The molecule has 12 heavy (non-hydrogen) atoms. The van der Waals surface area contributed by atoms with Crippen LogP contribution in [0.2, 0.25) is 0 Å². The number of carbonyl (C=O) groups is 1. The zero-order chi connectivity index (χ0) is 9.30. The lowest BCUT2D eigenvalue weighted by molar-refractivity contribution is -0.254. The monoisotopic (exact) mass is 174 g/mol. The van der Waals surface area contributed by atoms with Gasteiger partial charge in [-0.15, -0.1) is 0 Å². The minimum atomic E-state index is -0.912. The Balaban J connectivity index is 2.66. The first-order chi connectivity index (χ1) is 5.52. The molecule has 1 N–H and O–H groups in total. The molecule has 4 heteroatoms. The Kier molecular flexibility index (Phi) is 2.69. The molecule has 0 aromatic heterocycles. The van der Waals surface area contributed by atoms with Crippen molar-refractivity contribution >= 4 is 5.97 Å². The lowest BCUT2D eigenvalue weighted by Crippen LogP contribution is -2.46. The molecule has 0 bridgehead atoms. The summed E-state index contributed by atoms with van der Waals surface area (Å²) >= 11 is 0. The predicted octanol–water partition coefficient (Wildman–Crippen LogP) is 0.857. The number of hydrogen-bond acceptors (Lipinski definition) is 3. The van der Waals surface area contributed by atoms with Crippen molar-refractivity contribution < 1.29 is 19.4 Å². The highest BCUT2D eigenvalue weighted by Crippen LogP contribution is 2.23. The van der Waals surface area contributed by atoms with Crippen LogP contribution in [0, 0.1) is 5.92 Å². The average Bonchev–Trinajstić information content (AvgIpc) is 1.96. The topological polar surface area (TPSA) is 55.8 Å². The van der Waals surface area contributed by atoms with Crippen LogP contribution in [-0.2, 0) is 14.3 Å². The number of hydrogen-bond donors (Lipinski definition) is 1. The third-order valence-corrected chi connectivity index (χ3v) is 2.21. The van der Waals surface area contributed by atoms with Gasteiger partial charge in [-0.25, -0.2) is 4.79 Å². The molecule has 1 aliphatic heterocycles. The van der Waals surface area contributed by atoms with E-state index in [2.05, 4.69) is 0 Å². The summed E-state index contributed by atoms with van der Waals surface area (Å²) in [4.78, 5) is 10.7. The second-order valence-electron chi connectivity index (χ2n) is 3.16. The molecule has 1 aliphatic rings. The third-order valence-electron chi connectivity index (χ3n) is 2.21. The zero-order valence-corrected chi connectivity index (χ0v) is 7.48. The fourth-order valence-corrected chi connectivity index (χ4v) is 1.32. The first-order valence-electron chi connectivity index (χ1n) is 4.06. The van der Waals surface area contributed by atoms with Crippen LogP contribution >= 0.6 is 0 Å². The number of ether oxygens (including phenoxy) is 2. The molecule has 0 aromatic carbocycles. The quantitative estimate of drug-likeness (QED) is 0.640. The molecule has 1 saturated heterocycles. The Morgan fingerprint density at radius 2 is 1.83 bits per heavy atom. The van der Waals surface area contributed by atoms with Crippen LogP contribution in [0.5, 0.6) is 0 Å². The average molecular weight is 174 g/mol. The summed E-state index contributed by atoms with van der Waals surface area (Å²) < 4.78 is 10.4. The molecule has 4 nitrogen and oxygen atoms in total. The van der Waals surface area contributed by atoms with Crippen molar-refractivity contribution in [1.82, 2.24) is 0 Å². The van der Waals surface area contributed by atoms with Gasteiger partial charge in [0.15, 0.2) is 12.4 Å². The molecule has 0 amide bonds. The van der Waals surface area contributed by atoms with E-state index in [-0.39, 0.29) is 12.0 Å². The summed E-state index contributed by atoms with van der Waals surface area (Å²) in [5.74, 6) is -1.01. The van der Waals surface area contributed by atoms with Crippen LogP contribution in [-0.4, -0.2) is 29.6 Å². The van der Waals surface area contributed by atoms with Gasteiger partial charge in [0.05, 0.1) is 6.10 Å². The zero-order valence-electron chi connectivity index (χ0n) is 7.48. The minimum Gasteiger partial charge on any atom is -0.479 e. The van der Waals surface area contributed by atoms with Crippen molar-refractivity contribution in [2.45, 2.75) is 39.3 Å². The van der Waals surface area contributed by atoms with E-state index in [1.807, 2.05) is 13.8 Å². The summed E-state index contributed by atoms with van der Waals surface area (Å²) in [5, 5.41) is 8.76. The lowest BCUT2D eigenvalue weighted by Gasteiger charge is -2.35. The van der Waals surface area contributed by atoms with Gasteiger partial charge in [-0.05, 0) is 13.8 Å².